The van der Waals surface area contributed by atoms with Gasteiger partial charge < -0.3 is 0 Å². The summed E-state index contributed by atoms with van der Waals surface area (Å²) in [4.78, 5) is 3.78. The van der Waals surface area contributed by atoms with E-state index < -0.39 is 0 Å². The van der Waals surface area contributed by atoms with Crippen LogP contribution in [0.5, 0.6) is 0 Å². The molecule has 0 unspecified atom stereocenters. The van der Waals surface area contributed by atoms with Crippen molar-refractivity contribution in [3.63, 3.8) is 0 Å². The van der Waals surface area contributed by atoms with Gasteiger partial charge in [-0.05, 0) is 31.4 Å². The first-order valence-electron chi connectivity index (χ1n) is 20.4. The Kier molecular flexibility index (Phi) is 25.7. The van der Waals surface area contributed by atoms with E-state index in [0.717, 1.165) is 0 Å². The number of aryl methyl sites for hydroxylation is 2. The summed E-state index contributed by atoms with van der Waals surface area (Å²) < 4.78 is 2.61. The van der Waals surface area contributed by atoms with E-state index in [1.54, 1.807) is 0 Å². The molecule has 2 aromatic rings. The SMILES string of the molecule is CCCCCCCCCCCCCCCCCCc1[nH]c2ccccc2[n+]1CCCCCCCCCCCCCCCCC. The largest absolute Gasteiger partial charge is 0.255 e. The van der Waals surface area contributed by atoms with Crippen LogP contribution in [0.3, 0.4) is 0 Å². The Morgan fingerprint density at radius 1 is 0.409 bits per heavy atom. The molecule has 0 aliphatic carbocycles. The molecule has 2 heteroatoms. The number of para-hydroxylation sites is 2. The molecule has 0 aliphatic heterocycles. The van der Waals surface area contributed by atoms with Gasteiger partial charge in [0.25, 0.3) is 5.82 Å². The highest BCUT2D eigenvalue weighted by atomic mass is 15.1. The Morgan fingerprint density at radius 3 is 1.16 bits per heavy atom. The maximum absolute atomic E-state index is 3.78. The van der Waals surface area contributed by atoms with Crippen LogP contribution in [-0.2, 0) is 13.0 Å². The molecule has 1 aromatic carbocycles. The smallest absolute Gasteiger partial charge is 0.241 e. The molecule has 254 valence electrons. The molecule has 0 spiro atoms. The number of rotatable bonds is 33. The number of nitrogens with one attached hydrogen (secondary N) is 1. The second-order valence-corrected chi connectivity index (χ2v) is 14.2. The predicted octanol–water partition coefficient (Wildman–Crippen LogP) is 14.1. The zero-order chi connectivity index (χ0) is 31.2. The lowest BCUT2D eigenvalue weighted by atomic mass is 10.0. The van der Waals surface area contributed by atoms with Crippen LogP contribution in [0, 0.1) is 0 Å². The van der Waals surface area contributed by atoms with E-state index in [2.05, 4.69) is 47.7 Å². The summed E-state index contributed by atoms with van der Waals surface area (Å²) in [6, 6.07) is 8.95. The third-order valence-corrected chi connectivity index (χ3v) is 10.1. The average Bonchev–Trinajstić information content (AvgIpc) is 3.39. The first kappa shape index (κ1) is 38.9. The van der Waals surface area contributed by atoms with Crippen molar-refractivity contribution in [2.75, 3.05) is 0 Å². The molecule has 0 saturated heterocycles. The number of nitrogens with zero attached hydrogens (tertiary/aromatic N) is 1. The van der Waals surface area contributed by atoms with Gasteiger partial charge in [0.1, 0.15) is 0 Å². The molecule has 0 atom stereocenters. The fourth-order valence-electron chi connectivity index (χ4n) is 7.12. The number of imidazole rings is 1. The number of fused-ring (bicyclic) bond motifs is 1. The molecule has 1 N–H and O–H groups in total. The molecule has 0 fully saturated rings. The van der Waals surface area contributed by atoms with E-state index in [9.17, 15) is 0 Å². The van der Waals surface area contributed by atoms with Gasteiger partial charge in [-0.15, -0.1) is 0 Å². The summed E-state index contributed by atoms with van der Waals surface area (Å²) in [5, 5.41) is 0. The number of aromatic nitrogens is 2. The summed E-state index contributed by atoms with van der Waals surface area (Å²) in [5.74, 6) is 1.46. The van der Waals surface area contributed by atoms with Gasteiger partial charge in [0, 0.05) is 6.42 Å². The van der Waals surface area contributed by atoms with Gasteiger partial charge in [-0.2, -0.15) is 0 Å². The molecule has 0 bridgehead atoms. The quantitative estimate of drug-likeness (QED) is 0.0613. The molecular weight excluding hydrogens is 532 g/mol. The number of benzene rings is 1. The highest BCUT2D eigenvalue weighted by Gasteiger charge is 2.17. The summed E-state index contributed by atoms with van der Waals surface area (Å²) in [6.45, 7) is 5.79. The maximum atomic E-state index is 3.78. The highest BCUT2D eigenvalue weighted by Crippen LogP contribution is 2.17. The number of hydrogen-bond acceptors (Lipinski definition) is 0. The molecule has 0 saturated carbocycles. The standard InChI is InChI=1S/C42H76N2/c1-3-5-7-9-11-13-15-17-19-20-22-24-26-28-30-32-38-42-43-40-36-33-34-37-41(40)44(42)39-35-31-29-27-25-23-21-18-16-14-12-10-8-6-4-2/h33-34,36-37H,3-32,35,38-39H2,1-2H3/p+1. The van der Waals surface area contributed by atoms with E-state index >= 15 is 0 Å². The van der Waals surface area contributed by atoms with Gasteiger partial charge in [-0.25, -0.2) is 9.55 Å². The minimum atomic E-state index is 1.18. The lowest BCUT2D eigenvalue weighted by Crippen LogP contribution is -2.37. The molecule has 0 radical (unpaired) electrons. The van der Waals surface area contributed by atoms with Crippen LogP contribution in [-0.4, -0.2) is 4.98 Å². The monoisotopic (exact) mass is 610 g/mol. The van der Waals surface area contributed by atoms with Crippen LogP contribution in [0.25, 0.3) is 11.0 Å². The molecule has 0 aliphatic rings. The fraction of sp³-hybridized carbons (Fsp3) is 0.833. The van der Waals surface area contributed by atoms with Crippen molar-refractivity contribution in [1.82, 2.24) is 4.98 Å². The number of aromatic amines is 1. The Labute approximate surface area is 276 Å². The van der Waals surface area contributed by atoms with Crippen molar-refractivity contribution in [3.8, 4) is 0 Å². The van der Waals surface area contributed by atoms with E-state index in [0.29, 0.717) is 0 Å². The number of hydrogen-bond donors (Lipinski definition) is 1. The molecule has 1 aromatic heterocycles. The van der Waals surface area contributed by atoms with Gasteiger partial charge in [0.2, 0.25) is 0 Å². The summed E-state index contributed by atoms with van der Waals surface area (Å²) in [5.41, 5.74) is 2.73. The van der Waals surface area contributed by atoms with Gasteiger partial charge >= 0.3 is 0 Å². The van der Waals surface area contributed by atoms with Crippen LogP contribution in [0.15, 0.2) is 24.3 Å². The third kappa shape index (κ3) is 19.9. The number of unbranched alkanes of at least 4 members (excludes halogenated alkanes) is 29. The summed E-state index contributed by atoms with van der Waals surface area (Å²) in [6.07, 6.45) is 45.7. The summed E-state index contributed by atoms with van der Waals surface area (Å²) in [7, 11) is 0. The van der Waals surface area contributed by atoms with Crippen LogP contribution in [0.1, 0.15) is 219 Å². The number of H-pyrrole nitrogens is 1. The zero-order valence-corrected chi connectivity index (χ0v) is 30.1. The fourth-order valence-corrected chi connectivity index (χ4v) is 7.12. The predicted molar refractivity (Wildman–Crippen MR) is 197 cm³/mol. The van der Waals surface area contributed by atoms with E-state index in [1.165, 1.54) is 229 Å². The van der Waals surface area contributed by atoms with Crippen LogP contribution in [0.2, 0.25) is 0 Å². The molecule has 0 amide bonds. The van der Waals surface area contributed by atoms with Crippen molar-refractivity contribution < 1.29 is 4.57 Å². The Balaban J connectivity index is 1.46. The molecular formula is C42H77N2+. The van der Waals surface area contributed by atoms with Gasteiger partial charge in [0.05, 0.1) is 6.54 Å². The molecule has 1 heterocycles. The van der Waals surface area contributed by atoms with Crippen molar-refractivity contribution >= 4 is 11.0 Å². The third-order valence-electron chi connectivity index (χ3n) is 10.1. The van der Waals surface area contributed by atoms with Crippen molar-refractivity contribution in [2.45, 2.75) is 226 Å². The van der Waals surface area contributed by atoms with Crippen LogP contribution >= 0.6 is 0 Å². The van der Waals surface area contributed by atoms with Gasteiger partial charge in [-0.1, -0.05) is 206 Å². The second-order valence-electron chi connectivity index (χ2n) is 14.2. The minimum absolute atomic E-state index is 1.18. The van der Waals surface area contributed by atoms with E-state index in [4.69, 9.17) is 0 Å². The Hall–Kier alpha value is -1.31. The maximum Gasteiger partial charge on any atom is 0.255 e. The Bertz CT molecular complexity index is 868. The molecule has 2 nitrogen and oxygen atoms in total. The lowest BCUT2D eigenvalue weighted by molar-refractivity contribution is -0.679. The topological polar surface area (TPSA) is 19.7 Å². The average molecular weight is 610 g/mol. The second kappa shape index (κ2) is 29.1. The van der Waals surface area contributed by atoms with Crippen LogP contribution in [0.4, 0.5) is 0 Å². The van der Waals surface area contributed by atoms with Crippen molar-refractivity contribution in [3.05, 3.63) is 30.1 Å². The molecule has 2 rings (SSSR count). The first-order valence-corrected chi connectivity index (χ1v) is 20.4. The zero-order valence-electron chi connectivity index (χ0n) is 30.1. The van der Waals surface area contributed by atoms with Crippen molar-refractivity contribution in [1.29, 1.82) is 0 Å². The molecule has 44 heavy (non-hydrogen) atoms. The Morgan fingerprint density at radius 2 is 0.750 bits per heavy atom. The lowest BCUT2D eigenvalue weighted by Gasteiger charge is -2.05. The first-order chi connectivity index (χ1) is 21.9. The minimum Gasteiger partial charge on any atom is -0.241 e. The summed E-state index contributed by atoms with van der Waals surface area (Å²) >= 11 is 0. The highest BCUT2D eigenvalue weighted by molar-refractivity contribution is 5.71. The van der Waals surface area contributed by atoms with Crippen molar-refractivity contribution in [2.24, 2.45) is 0 Å². The van der Waals surface area contributed by atoms with Gasteiger partial charge in [-0.3, -0.25) is 0 Å². The van der Waals surface area contributed by atoms with E-state index in [1.807, 2.05) is 0 Å². The van der Waals surface area contributed by atoms with Gasteiger partial charge in [0.15, 0.2) is 11.0 Å². The normalized spacial score (nSPS) is 11.7. The van der Waals surface area contributed by atoms with Crippen LogP contribution < -0.4 is 4.57 Å². The van der Waals surface area contributed by atoms with E-state index in [-0.39, 0.29) is 0 Å².